The molecule has 0 bridgehead atoms. The molecule has 0 aliphatic carbocycles. The molecule has 1 aromatic carbocycles. The molecule has 14 heavy (non-hydrogen) atoms. The van der Waals surface area contributed by atoms with Crippen LogP contribution in [0.5, 0.6) is 0 Å². The van der Waals surface area contributed by atoms with Gasteiger partial charge in [0, 0.05) is 10.9 Å². The van der Waals surface area contributed by atoms with Crippen LogP contribution in [0.25, 0.3) is 10.9 Å². The molecule has 1 N–H and O–H groups in total. The molecular formula is C11H10NO2. The van der Waals surface area contributed by atoms with Crippen molar-refractivity contribution in [1.29, 1.82) is 0 Å². The number of aromatic nitrogens is 1. The summed E-state index contributed by atoms with van der Waals surface area (Å²) in [4.78, 5) is 14.3. The number of ether oxygens (including phenoxy) is 1. The van der Waals surface area contributed by atoms with Crippen molar-refractivity contribution in [2.24, 2.45) is 0 Å². The van der Waals surface area contributed by atoms with Gasteiger partial charge in [0.2, 0.25) is 0 Å². The Morgan fingerprint density at radius 1 is 1.50 bits per heavy atom. The van der Waals surface area contributed by atoms with Crippen molar-refractivity contribution < 1.29 is 9.53 Å². The quantitative estimate of drug-likeness (QED) is 0.733. The number of benzene rings is 1. The lowest BCUT2D eigenvalue weighted by Gasteiger charge is -1.98. The lowest BCUT2D eigenvalue weighted by atomic mass is 10.2. The van der Waals surface area contributed by atoms with Gasteiger partial charge in [-0.2, -0.15) is 0 Å². The molecule has 0 fully saturated rings. The second-order valence-corrected chi connectivity index (χ2v) is 2.89. The van der Waals surface area contributed by atoms with Gasteiger partial charge in [0.25, 0.3) is 0 Å². The van der Waals surface area contributed by atoms with Crippen LogP contribution in [0, 0.1) is 6.20 Å². The molecule has 71 valence electrons. The van der Waals surface area contributed by atoms with Crippen LogP contribution in [0.2, 0.25) is 0 Å². The number of aromatic amines is 1. The van der Waals surface area contributed by atoms with Crippen LogP contribution in [0.3, 0.4) is 0 Å². The molecule has 0 unspecified atom stereocenters. The maximum absolute atomic E-state index is 11.4. The lowest BCUT2D eigenvalue weighted by molar-refractivity contribution is 0.0528. The van der Waals surface area contributed by atoms with E-state index in [1.807, 2.05) is 24.3 Å². The van der Waals surface area contributed by atoms with E-state index in [-0.39, 0.29) is 5.97 Å². The monoisotopic (exact) mass is 188 g/mol. The van der Waals surface area contributed by atoms with Gasteiger partial charge in [-0.05, 0) is 13.0 Å². The smallest absolute Gasteiger partial charge is 0.341 e. The maximum Gasteiger partial charge on any atom is 0.341 e. The predicted octanol–water partition coefficient (Wildman–Crippen LogP) is 2.14. The number of nitrogens with one attached hydrogen (secondary N) is 1. The number of para-hydroxylation sites is 1. The number of hydrogen-bond acceptors (Lipinski definition) is 2. The Morgan fingerprint density at radius 3 is 3.07 bits per heavy atom. The van der Waals surface area contributed by atoms with E-state index in [2.05, 4.69) is 11.2 Å². The van der Waals surface area contributed by atoms with Crippen molar-refractivity contribution in [1.82, 2.24) is 4.98 Å². The van der Waals surface area contributed by atoms with E-state index in [4.69, 9.17) is 4.74 Å². The number of esters is 1. The highest BCUT2D eigenvalue weighted by Crippen LogP contribution is 2.17. The average molecular weight is 188 g/mol. The molecule has 2 aromatic rings. The summed E-state index contributed by atoms with van der Waals surface area (Å²) >= 11 is 0. The first kappa shape index (κ1) is 8.81. The van der Waals surface area contributed by atoms with Gasteiger partial charge in [0.1, 0.15) is 0 Å². The Balaban J connectivity index is 2.47. The fourth-order valence-electron chi connectivity index (χ4n) is 1.37. The zero-order valence-electron chi connectivity index (χ0n) is 7.83. The highest BCUT2D eigenvalue weighted by atomic mass is 16.5. The first-order valence-corrected chi connectivity index (χ1v) is 4.48. The molecule has 1 aromatic heterocycles. The summed E-state index contributed by atoms with van der Waals surface area (Å²) in [6, 6.07) is 7.55. The minimum Gasteiger partial charge on any atom is -0.462 e. The first-order valence-electron chi connectivity index (χ1n) is 4.48. The van der Waals surface area contributed by atoms with Gasteiger partial charge in [0.15, 0.2) is 0 Å². The standard InChI is InChI=1S/C11H10NO2/c1-2-14-11(13)9-7-12-10-6-4-3-5-8(9)10/h3-6,12H,2H2,1H3. The van der Waals surface area contributed by atoms with Crippen LogP contribution < -0.4 is 0 Å². The summed E-state index contributed by atoms with van der Waals surface area (Å²) < 4.78 is 4.90. The zero-order valence-corrected chi connectivity index (χ0v) is 7.83. The third-order valence-corrected chi connectivity index (χ3v) is 2.00. The second-order valence-electron chi connectivity index (χ2n) is 2.89. The van der Waals surface area contributed by atoms with Gasteiger partial charge in [-0.3, -0.25) is 0 Å². The van der Waals surface area contributed by atoms with Crippen molar-refractivity contribution >= 4 is 16.9 Å². The number of hydrogen-bond donors (Lipinski definition) is 1. The Hall–Kier alpha value is -1.77. The summed E-state index contributed by atoms with van der Waals surface area (Å²) in [7, 11) is 0. The minimum atomic E-state index is -0.329. The molecule has 1 radical (unpaired) electrons. The number of H-pyrrole nitrogens is 1. The molecule has 0 saturated heterocycles. The Kier molecular flexibility index (Phi) is 2.23. The van der Waals surface area contributed by atoms with E-state index in [1.165, 1.54) is 0 Å². The fraction of sp³-hybridized carbons (Fsp3) is 0.182. The van der Waals surface area contributed by atoms with Crippen molar-refractivity contribution in [3.05, 3.63) is 36.0 Å². The SMILES string of the molecule is CCOC(=O)c1[c][nH]c2ccccc12. The number of carbonyl (C=O) groups is 1. The summed E-state index contributed by atoms with van der Waals surface area (Å²) in [6.07, 6.45) is 2.80. The molecule has 2 rings (SSSR count). The van der Waals surface area contributed by atoms with Crippen molar-refractivity contribution in [3.63, 3.8) is 0 Å². The lowest BCUT2D eigenvalue weighted by Crippen LogP contribution is -2.03. The van der Waals surface area contributed by atoms with Crippen molar-refractivity contribution in [2.45, 2.75) is 6.92 Å². The normalized spacial score (nSPS) is 10.4. The molecule has 3 nitrogen and oxygen atoms in total. The van der Waals surface area contributed by atoms with Gasteiger partial charge in [-0.15, -0.1) is 0 Å². The van der Waals surface area contributed by atoms with Gasteiger partial charge in [-0.25, -0.2) is 4.79 Å². The first-order chi connectivity index (χ1) is 6.83. The van der Waals surface area contributed by atoms with Crippen LogP contribution >= 0.6 is 0 Å². The summed E-state index contributed by atoms with van der Waals surface area (Å²) in [6.45, 7) is 2.17. The Labute approximate surface area is 81.7 Å². The molecule has 1 heterocycles. The minimum absolute atomic E-state index is 0.329. The molecule has 0 amide bonds. The van der Waals surface area contributed by atoms with Gasteiger partial charge < -0.3 is 9.72 Å². The molecular weight excluding hydrogens is 178 g/mol. The number of rotatable bonds is 2. The van der Waals surface area contributed by atoms with E-state index in [0.29, 0.717) is 12.2 Å². The third-order valence-electron chi connectivity index (χ3n) is 2.00. The largest absolute Gasteiger partial charge is 0.462 e. The maximum atomic E-state index is 11.4. The molecule has 0 aliphatic heterocycles. The van der Waals surface area contributed by atoms with Crippen molar-refractivity contribution in [2.75, 3.05) is 6.61 Å². The summed E-state index contributed by atoms with van der Waals surface area (Å²) in [5.41, 5.74) is 1.37. The van der Waals surface area contributed by atoms with Crippen LogP contribution in [-0.2, 0) is 4.74 Å². The van der Waals surface area contributed by atoms with Gasteiger partial charge in [-0.1, -0.05) is 18.2 Å². The highest BCUT2D eigenvalue weighted by molar-refractivity contribution is 6.03. The molecule has 0 saturated carbocycles. The van der Waals surface area contributed by atoms with E-state index in [9.17, 15) is 4.79 Å². The fourth-order valence-corrected chi connectivity index (χ4v) is 1.37. The van der Waals surface area contributed by atoms with Gasteiger partial charge in [0.05, 0.1) is 18.4 Å². The van der Waals surface area contributed by atoms with Crippen molar-refractivity contribution in [3.8, 4) is 0 Å². The van der Waals surface area contributed by atoms with E-state index < -0.39 is 0 Å². The van der Waals surface area contributed by atoms with Crippen LogP contribution in [0.15, 0.2) is 24.3 Å². The predicted molar refractivity (Wildman–Crippen MR) is 53.1 cm³/mol. The number of fused-ring (bicyclic) bond motifs is 1. The zero-order chi connectivity index (χ0) is 9.97. The Bertz CT molecular complexity index is 459. The topological polar surface area (TPSA) is 42.1 Å². The van der Waals surface area contributed by atoms with Crippen LogP contribution in [-0.4, -0.2) is 17.6 Å². The summed E-state index contributed by atoms with van der Waals surface area (Å²) in [5, 5.41) is 0.853. The van der Waals surface area contributed by atoms with Crippen LogP contribution in [0.4, 0.5) is 0 Å². The second kappa shape index (κ2) is 3.54. The summed E-state index contributed by atoms with van der Waals surface area (Å²) in [5.74, 6) is -0.329. The molecule has 0 aliphatic rings. The average Bonchev–Trinajstić information content (AvgIpc) is 2.61. The van der Waals surface area contributed by atoms with Gasteiger partial charge >= 0.3 is 5.97 Å². The highest BCUT2D eigenvalue weighted by Gasteiger charge is 2.12. The van der Waals surface area contributed by atoms with E-state index in [1.54, 1.807) is 6.92 Å². The Morgan fingerprint density at radius 2 is 2.29 bits per heavy atom. The van der Waals surface area contributed by atoms with Crippen LogP contribution in [0.1, 0.15) is 17.3 Å². The number of carbonyl (C=O) groups excluding carboxylic acids is 1. The van der Waals surface area contributed by atoms with E-state index >= 15 is 0 Å². The third kappa shape index (κ3) is 1.37. The molecule has 0 atom stereocenters. The molecule has 0 spiro atoms. The molecule has 3 heteroatoms. The van der Waals surface area contributed by atoms with E-state index in [0.717, 1.165) is 10.9 Å².